The Morgan fingerprint density at radius 3 is 2.64 bits per heavy atom. The van der Waals surface area contributed by atoms with Gasteiger partial charge in [-0.25, -0.2) is 9.79 Å². The van der Waals surface area contributed by atoms with Crippen LogP contribution in [0.3, 0.4) is 0 Å². The molecule has 3 aromatic rings. The molecule has 0 aromatic heterocycles. The van der Waals surface area contributed by atoms with Gasteiger partial charge in [0.1, 0.15) is 0 Å². The van der Waals surface area contributed by atoms with Crippen LogP contribution in [0.25, 0.3) is 16.8 Å². The van der Waals surface area contributed by atoms with E-state index in [1.54, 1.807) is 19.2 Å². The van der Waals surface area contributed by atoms with Crippen LogP contribution in [0, 0.1) is 0 Å². The van der Waals surface area contributed by atoms with Crippen LogP contribution >= 0.6 is 11.8 Å². The van der Waals surface area contributed by atoms with E-state index < -0.39 is 5.97 Å². The normalized spacial score (nSPS) is 17.0. The molecule has 0 bridgehead atoms. The quantitative estimate of drug-likeness (QED) is 0.656. The van der Waals surface area contributed by atoms with Gasteiger partial charge in [-0.2, -0.15) is 0 Å². The number of rotatable bonds is 3. The van der Waals surface area contributed by atoms with Gasteiger partial charge in [0, 0.05) is 7.05 Å². The highest BCUT2D eigenvalue weighted by Gasteiger charge is 2.30. The van der Waals surface area contributed by atoms with Crippen molar-refractivity contribution in [1.29, 1.82) is 0 Å². The number of fused-ring (bicyclic) bond motifs is 1. The molecule has 138 valence electrons. The maximum atomic E-state index is 12.7. The van der Waals surface area contributed by atoms with Crippen LogP contribution in [0.1, 0.15) is 15.9 Å². The summed E-state index contributed by atoms with van der Waals surface area (Å²) in [4.78, 5) is 30.3. The van der Waals surface area contributed by atoms with E-state index in [4.69, 9.17) is 5.11 Å². The number of benzene rings is 3. The van der Waals surface area contributed by atoms with Crippen LogP contribution in [0.15, 0.2) is 76.6 Å². The first kappa shape index (κ1) is 18.0. The average Bonchev–Trinajstić information content (AvgIpc) is 2.96. The highest BCUT2D eigenvalue weighted by Crippen LogP contribution is 2.34. The van der Waals surface area contributed by atoms with E-state index in [9.17, 15) is 9.59 Å². The molecular weight excluding hydrogens is 372 g/mol. The van der Waals surface area contributed by atoms with Gasteiger partial charge in [0.25, 0.3) is 5.91 Å². The van der Waals surface area contributed by atoms with Crippen molar-refractivity contribution in [2.75, 3.05) is 7.05 Å². The summed E-state index contributed by atoms with van der Waals surface area (Å²) in [6.45, 7) is 0. The van der Waals surface area contributed by atoms with E-state index in [1.807, 2.05) is 48.5 Å². The fraction of sp³-hybridized carbons (Fsp3) is 0.0455. The number of amides is 1. The molecule has 0 aliphatic carbocycles. The third-order valence-corrected chi connectivity index (χ3v) is 5.49. The molecule has 5 nitrogen and oxygen atoms in total. The second-order valence-corrected chi connectivity index (χ2v) is 7.30. The van der Waals surface area contributed by atoms with Crippen molar-refractivity contribution in [3.63, 3.8) is 0 Å². The first-order chi connectivity index (χ1) is 13.5. The number of hydrogen-bond donors (Lipinski definition) is 1. The number of aromatic carboxylic acids is 1. The monoisotopic (exact) mass is 388 g/mol. The number of carbonyl (C=O) groups excluding carboxylic acids is 1. The maximum absolute atomic E-state index is 12.7. The summed E-state index contributed by atoms with van der Waals surface area (Å²) in [6.07, 6.45) is 1.88. The SMILES string of the molecule is CN1C(=O)/C(=C/c2cccc3ccccc23)SC1=Nc1cccc(C(=O)O)c1. The molecule has 1 N–H and O–H groups in total. The summed E-state index contributed by atoms with van der Waals surface area (Å²) in [6, 6.07) is 20.4. The molecule has 4 rings (SSSR count). The number of carboxylic acid groups (broad SMARTS) is 1. The minimum atomic E-state index is -1.01. The molecule has 0 unspecified atom stereocenters. The van der Waals surface area contributed by atoms with Crippen molar-refractivity contribution in [3.05, 3.63) is 82.8 Å². The number of carboxylic acids is 1. The van der Waals surface area contributed by atoms with Gasteiger partial charge in [-0.1, -0.05) is 48.5 Å². The van der Waals surface area contributed by atoms with Crippen molar-refractivity contribution >= 4 is 51.3 Å². The smallest absolute Gasteiger partial charge is 0.335 e. The number of amidine groups is 1. The Kier molecular flexibility index (Phi) is 4.71. The number of nitrogens with zero attached hydrogens (tertiary/aromatic N) is 2. The summed E-state index contributed by atoms with van der Waals surface area (Å²) in [5.41, 5.74) is 1.62. The summed E-state index contributed by atoms with van der Waals surface area (Å²) in [5, 5.41) is 11.8. The molecule has 0 atom stereocenters. The second kappa shape index (κ2) is 7.32. The Labute approximate surface area is 166 Å². The van der Waals surface area contributed by atoms with E-state index in [-0.39, 0.29) is 11.5 Å². The molecule has 1 fully saturated rings. The van der Waals surface area contributed by atoms with Crippen molar-refractivity contribution < 1.29 is 14.7 Å². The number of aliphatic imine (C=N–C) groups is 1. The predicted molar refractivity (Wildman–Crippen MR) is 113 cm³/mol. The van der Waals surface area contributed by atoms with Crippen LogP contribution < -0.4 is 0 Å². The molecule has 1 heterocycles. The summed E-state index contributed by atoms with van der Waals surface area (Å²) in [5.74, 6) is -1.15. The van der Waals surface area contributed by atoms with Gasteiger partial charge in [0.05, 0.1) is 16.2 Å². The van der Waals surface area contributed by atoms with E-state index in [0.29, 0.717) is 15.8 Å². The zero-order chi connectivity index (χ0) is 19.7. The van der Waals surface area contributed by atoms with Crippen molar-refractivity contribution in [2.24, 2.45) is 4.99 Å². The zero-order valence-corrected chi connectivity index (χ0v) is 15.8. The van der Waals surface area contributed by atoms with Crippen molar-refractivity contribution in [2.45, 2.75) is 0 Å². The molecule has 0 spiro atoms. The lowest BCUT2D eigenvalue weighted by molar-refractivity contribution is -0.121. The minimum Gasteiger partial charge on any atom is -0.478 e. The fourth-order valence-corrected chi connectivity index (χ4v) is 3.97. The number of carbonyl (C=O) groups is 2. The van der Waals surface area contributed by atoms with E-state index in [1.165, 1.54) is 28.8 Å². The van der Waals surface area contributed by atoms with Crippen LogP contribution in [0.2, 0.25) is 0 Å². The predicted octanol–water partition coefficient (Wildman–Crippen LogP) is 4.77. The number of thioether (sulfide) groups is 1. The van der Waals surface area contributed by atoms with Gasteiger partial charge in [0.2, 0.25) is 0 Å². The molecule has 3 aromatic carbocycles. The first-order valence-electron chi connectivity index (χ1n) is 8.60. The Bertz CT molecular complexity index is 1160. The Morgan fingerprint density at radius 1 is 1.07 bits per heavy atom. The standard InChI is InChI=1S/C22H16N2O3S/c1-24-20(25)19(13-15-8-4-7-14-6-2-3-11-18(14)15)28-22(24)23-17-10-5-9-16(12-17)21(26)27/h2-13H,1H3,(H,26,27)/b19-13-,23-22?. The Balaban J connectivity index is 1.70. The zero-order valence-electron chi connectivity index (χ0n) is 15.0. The van der Waals surface area contributed by atoms with Gasteiger partial charge in [-0.3, -0.25) is 9.69 Å². The molecule has 0 radical (unpaired) electrons. The summed E-state index contributed by atoms with van der Waals surface area (Å²) < 4.78 is 0. The molecule has 6 heteroatoms. The lowest BCUT2D eigenvalue weighted by atomic mass is 10.0. The van der Waals surface area contributed by atoms with E-state index >= 15 is 0 Å². The molecule has 1 amide bonds. The van der Waals surface area contributed by atoms with Gasteiger partial charge in [0.15, 0.2) is 5.17 Å². The lowest BCUT2D eigenvalue weighted by Crippen LogP contribution is -2.23. The highest BCUT2D eigenvalue weighted by molar-refractivity contribution is 8.18. The number of likely N-dealkylation sites (N-methyl/N-ethyl adjacent to an activating group) is 1. The van der Waals surface area contributed by atoms with Crippen LogP contribution in [-0.2, 0) is 4.79 Å². The van der Waals surface area contributed by atoms with Gasteiger partial charge in [-0.15, -0.1) is 0 Å². The van der Waals surface area contributed by atoms with E-state index in [0.717, 1.165) is 16.3 Å². The second-order valence-electron chi connectivity index (χ2n) is 6.29. The highest BCUT2D eigenvalue weighted by atomic mass is 32.2. The average molecular weight is 388 g/mol. The minimum absolute atomic E-state index is 0.133. The van der Waals surface area contributed by atoms with Gasteiger partial charge in [-0.05, 0) is 52.4 Å². The van der Waals surface area contributed by atoms with Gasteiger partial charge < -0.3 is 5.11 Å². The maximum Gasteiger partial charge on any atom is 0.335 e. The molecule has 0 saturated carbocycles. The van der Waals surface area contributed by atoms with Crippen LogP contribution in [0.5, 0.6) is 0 Å². The number of hydrogen-bond acceptors (Lipinski definition) is 4. The van der Waals surface area contributed by atoms with Crippen LogP contribution in [-0.4, -0.2) is 34.1 Å². The molecule has 1 saturated heterocycles. The largest absolute Gasteiger partial charge is 0.478 e. The Morgan fingerprint density at radius 2 is 1.82 bits per heavy atom. The third-order valence-electron chi connectivity index (χ3n) is 4.43. The van der Waals surface area contributed by atoms with Crippen molar-refractivity contribution in [3.8, 4) is 0 Å². The van der Waals surface area contributed by atoms with Gasteiger partial charge >= 0.3 is 5.97 Å². The molecular formula is C22H16N2O3S. The fourth-order valence-electron chi connectivity index (χ4n) is 2.99. The summed E-state index contributed by atoms with van der Waals surface area (Å²) in [7, 11) is 1.67. The molecule has 1 aliphatic rings. The molecule has 28 heavy (non-hydrogen) atoms. The molecule has 1 aliphatic heterocycles. The lowest BCUT2D eigenvalue weighted by Gasteiger charge is -2.07. The Hall–Kier alpha value is -3.38. The summed E-state index contributed by atoms with van der Waals surface area (Å²) >= 11 is 1.28. The van der Waals surface area contributed by atoms with Crippen molar-refractivity contribution in [1.82, 2.24) is 4.90 Å². The van der Waals surface area contributed by atoms with Crippen LogP contribution in [0.4, 0.5) is 5.69 Å². The topological polar surface area (TPSA) is 70.0 Å². The third kappa shape index (κ3) is 3.42. The first-order valence-corrected chi connectivity index (χ1v) is 9.42. The van der Waals surface area contributed by atoms with E-state index in [2.05, 4.69) is 4.99 Å².